The second kappa shape index (κ2) is 5.45. The summed E-state index contributed by atoms with van der Waals surface area (Å²) in [7, 11) is 0. The van der Waals surface area contributed by atoms with Crippen LogP contribution in [0.4, 0.5) is 0 Å². The van der Waals surface area contributed by atoms with Crippen molar-refractivity contribution in [3.05, 3.63) is 34.9 Å². The Labute approximate surface area is 95.4 Å². The van der Waals surface area contributed by atoms with Gasteiger partial charge in [0.1, 0.15) is 6.29 Å². The van der Waals surface area contributed by atoms with Crippen LogP contribution in [0.2, 0.25) is 0 Å². The number of hydrogen-bond donors (Lipinski definition) is 0. The van der Waals surface area contributed by atoms with Gasteiger partial charge in [-0.3, -0.25) is 4.79 Å². The van der Waals surface area contributed by atoms with Crippen LogP contribution >= 0.6 is 0 Å². The Morgan fingerprint density at radius 2 is 2.06 bits per heavy atom. The summed E-state index contributed by atoms with van der Waals surface area (Å²) in [5, 5.41) is 0. The fourth-order valence-corrected chi connectivity index (χ4v) is 1.41. The SMILES string of the molecule is CCOC(=O)c1cc(C=O)cc(C(C)C)c1. The molecule has 0 radical (unpaired) electrons. The van der Waals surface area contributed by atoms with Crippen LogP contribution in [0.5, 0.6) is 0 Å². The zero-order chi connectivity index (χ0) is 12.1. The molecule has 3 heteroatoms. The lowest BCUT2D eigenvalue weighted by molar-refractivity contribution is 0.0526. The third kappa shape index (κ3) is 2.92. The summed E-state index contributed by atoms with van der Waals surface area (Å²) in [6.45, 7) is 6.11. The molecule has 0 saturated heterocycles. The number of ether oxygens (including phenoxy) is 1. The molecular weight excluding hydrogens is 204 g/mol. The van der Waals surface area contributed by atoms with Gasteiger partial charge in [-0.2, -0.15) is 0 Å². The first-order valence-corrected chi connectivity index (χ1v) is 5.35. The van der Waals surface area contributed by atoms with Crippen LogP contribution in [0.15, 0.2) is 18.2 Å². The van der Waals surface area contributed by atoms with Crippen molar-refractivity contribution in [3.8, 4) is 0 Å². The normalized spacial score (nSPS) is 10.2. The van der Waals surface area contributed by atoms with Crippen molar-refractivity contribution in [1.82, 2.24) is 0 Å². The second-order valence-corrected chi connectivity index (χ2v) is 3.88. The Kier molecular flexibility index (Phi) is 4.23. The topological polar surface area (TPSA) is 43.4 Å². The van der Waals surface area contributed by atoms with Gasteiger partial charge in [0.2, 0.25) is 0 Å². The summed E-state index contributed by atoms with van der Waals surface area (Å²) in [4.78, 5) is 22.3. The zero-order valence-electron chi connectivity index (χ0n) is 9.82. The minimum Gasteiger partial charge on any atom is -0.462 e. The van der Waals surface area contributed by atoms with E-state index in [1.54, 1.807) is 25.1 Å². The number of carbonyl (C=O) groups is 2. The van der Waals surface area contributed by atoms with E-state index in [0.717, 1.165) is 11.8 Å². The Hall–Kier alpha value is -1.64. The summed E-state index contributed by atoms with van der Waals surface area (Å²) in [6.07, 6.45) is 0.745. The maximum absolute atomic E-state index is 11.5. The summed E-state index contributed by atoms with van der Waals surface area (Å²) in [5.74, 6) is -0.110. The van der Waals surface area contributed by atoms with Crippen molar-refractivity contribution in [1.29, 1.82) is 0 Å². The van der Waals surface area contributed by atoms with Crippen molar-refractivity contribution in [2.45, 2.75) is 26.7 Å². The van der Waals surface area contributed by atoms with Crippen LogP contribution in [-0.4, -0.2) is 18.9 Å². The van der Waals surface area contributed by atoms with Gasteiger partial charge in [0.25, 0.3) is 0 Å². The molecule has 0 aliphatic carbocycles. The van der Waals surface area contributed by atoms with Crippen molar-refractivity contribution in [2.24, 2.45) is 0 Å². The fraction of sp³-hybridized carbons (Fsp3) is 0.385. The Morgan fingerprint density at radius 1 is 1.38 bits per heavy atom. The summed E-state index contributed by atoms with van der Waals surface area (Å²) in [6, 6.07) is 5.12. The van der Waals surface area contributed by atoms with Crippen molar-refractivity contribution in [3.63, 3.8) is 0 Å². The molecule has 0 bridgehead atoms. The lowest BCUT2D eigenvalue weighted by Crippen LogP contribution is -2.06. The molecule has 0 saturated carbocycles. The first-order valence-electron chi connectivity index (χ1n) is 5.35. The first kappa shape index (κ1) is 12.4. The third-order valence-corrected chi connectivity index (χ3v) is 2.29. The lowest BCUT2D eigenvalue weighted by Gasteiger charge is -2.09. The van der Waals surface area contributed by atoms with E-state index < -0.39 is 0 Å². The van der Waals surface area contributed by atoms with Crippen LogP contribution < -0.4 is 0 Å². The van der Waals surface area contributed by atoms with Gasteiger partial charge in [-0.25, -0.2) is 4.79 Å². The molecule has 0 spiro atoms. The maximum atomic E-state index is 11.5. The highest BCUT2D eigenvalue weighted by Crippen LogP contribution is 2.18. The molecule has 1 aromatic rings. The molecule has 0 unspecified atom stereocenters. The smallest absolute Gasteiger partial charge is 0.338 e. The van der Waals surface area contributed by atoms with E-state index in [9.17, 15) is 9.59 Å². The number of aldehydes is 1. The average molecular weight is 220 g/mol. The second-order valence-electron chi connectivity index (χ2n) is 3.88. The summed E-state index contributed by atoms with van der Waals surface area (Å²) >= 11 is 0. The number of esters is 1. The van der Waals surface area contributed by atoms with E-state index in [4.69, 9.17) is 4.74 Å². The first-order chi connectivity index (χ1) is 7.58. The molecule has 0 aromatic heterocycles. The monoisotopic (exact) mass is 220 g/mol. The molecule has 1 rings (SSSR count). The molecule has 16 heavy (non-hydrogen) atoms. The van der Waals surface area contributed by atoms with Gasteiger partial charge in [0, 0.05) is 5.56 Å². The van der Waals surface area contributed by atoms with Crippen LogP contribution in [0.3, 0.4) is 0 Å². The Bertz CT molecular complexity index is 394. The van der Waals surface area contributed by atoms with E-state index in [1.807, 2.05) is 13.8 Å². The van der Waals surface area contributed by atoms with Crippen molar-refractivity contribution in [2.75, 3.05) is 6.61 Å². The number of hydrogen-bond acceptors (Lipinski definition) is 3. The lowest BCUT2D eigenvalue weighted by atomic mass is 9.98. The zero-order valence-corrected chi connectivity index (χ0v) is 9.82. The van der Waals surface area contributed by atoms with Gasteiger partial charge < -0.3 is 4.74 Å². The van der Waals surface area contributed by atoms with Crippen LogP contribution in [0.25, 0.3) is 0 Å². The highest BCUT2D eigenvalue weighted by Gasteiger charge is 2.10. The highest BCUT2D eigenvalue weighted by molar-refractivity contribution is 5.92. The van der Waals surface area contributed by atoms with E-state index in [0.29, 0.717) is 17.7 Å². The Morgan fingerprint density at radius 3 is 2.56 bits per heavy atom. The molecule has 0 amide bonds. The number of carbonyl (C=O) groups excluding carboxylic acids is 2. The standard InChI is InChI=1S/C13H16O3/c1-4-16-13(15)12-6-10(8-14)5-11(7-12)9(2)3/h5-9H,4H2,1-3H3. The van der Waals surface area contributed by atoms with Crippen LogP contribution in [-0.2, 0) is 4.74 Å². The predicted octanol–water partition coefficient (Wildman–Crippen LogP) is 2.80. The molecule has 0 heterocycles. The van der Waals surface area contributed by atoms with Crippen LogP contribution in [0, 0.1) is 0 Å². The fourth-order valence-electron chi connectivity index (χ4n) is 1.41. The molecule has 0 N–H and O–H groups in total. The van der Waals surface area contributed by atoms with Gasteiger partial charge in [-0.05, 0) is 36.6 Å². The van der Waals surface area contributed by atoms with Crippen molar-refractivity contribution < 1.29 is 14.3 Å². The molecule has 1 aromatic carbocycles. The Balaban J connectivity index is 3.13. The van der Waals surface area contributed by atoms with Gasteiger partial charge in [0.15, 0.2) is 0 Å². The van der Waals surface area contributed by atoms with E-state index >= 15 is 0 Å². The summed E-state index contributed by atoms with van der Waals surface area (Å²) in [5.41, 5.74) is 1.91. The average Bonchev–Trinajstić information content (AvgIpc) is 2.28. The molecule has 0 aliphatic heterocycles. The minimum absolute atomic E-state index is 0.271. The number of benzene rings is 1. The van der Waals surface area contributed by atoms with Crippen molar-refractivity contribution >= 4 is 12.3 Å². The summed E-state index contributed by atoms with van der Waals surface area (Å²) < 4.78 is 4.91. The number of rotatable bonds is 4. The molecule has 0 atom stereocenters. The molecule has 3 nitrogen and oxygen atoms in total. The molecular formula is C13H16O3. The van der Waals surface area contributed by atoms with E-state index in [1.165, 1.54) is 0 Å². The molecule has 0 fully saturated rings. The van der Waals surface area contributed by atoms with E-state index in [2.05, 4.69) is 0 Å². The van der Waals surface area contributed by atoms with Gasteiger partial charge in [-0.15, -0.1) is 0 Å². The van der Waals surface area contributed by atoms with Gasteiger partial charge in [0.05, 0.1) is 12.2 Å². The predicted molar refractivity (Wildman–Crippen MR) is 61.9 cm³/mol. The van der Waals surface area contributed by atoms with Crippen LogP contribution in [0.1, 0.15) is 53.0 Å². The quantitative estimate of drug-likeness (QED) is 0.579. The van der Waals surface area contributed by atoms with Gasteiger partial charge in [-0.1, -0.05) is 13.8 Å². The maximum Gasteiger partial charge on any atom is 0.338 e. The van der Waals surface area contributed by atoms with E-state index in [-0.39, 0.29) is 11.9 Å². The minimum atomic E-state index is -0.381. The highest BCUT2D eigenvalue weighted by atomic mass is 16.5. The molecule has 0 aliphatic rings. The largest absolute Gasteiger partial charge is 0.462 e. The van der Waals surface area contributed by atoms with Gasteiger partial charge >= 0.3 is 5.97 Å². The molecule has 86 valence electrons. The third-order valence-electron chi connectivity index (χ3n) is 2.29.